The Morgan fingerprint density at radius 2 is 2.08 bits per heavy atom. The maximum absolute atomic E-state index is 5.30. The Kier molecular flexibility index (Phi) is 4.03. The van der Waals surface area contributed by atoms with Crippen LogP contribution in [0.25, 0.3) is 22.0 Å². The second-order valence-electron chi connectivity index (χ2n) is 5.70. The van der Waals surface area contributed by atoms with Gasteiger partial charge in [0.25, 0.3) is 0 Å². The van der Waals surface area contributed by atoms with Crippen molar-refractivity contribution in [1.82, 2.24) is 19.4 Å². The summed E-state index contributed by atoms with van der Waals surface area (Å²) in [6.07, 6.45) is 12.5. The molecule has 1 aromatic carbocycles. The summed E-state index contributed by atoms with van der Waals surface area (Å²) in [5, 5.41) is 9.16. The van der Waals surface area contributed by atoms with Gasteiger partial charge in [-0.2, -0.15) is 5.10 Å². The maximum atomic E-state index is 5.30. The molecule has 3 N–H and O–H groups in total. The number of rotatable bonds is 4. The summed E-state index contributed by atoms with van der Waals surface area (Å²) in [6, 6.07) is 8.06. The van der Waals surface area contributed by atoms with Crippen LogP contribution >= 0.6 is 0 Å². The number of imidazole rings is 1. The second-order valence-corrected chi connectivity index (χ2v) is 5.70. The van der Waals surface area contributed by atoms with Crippen LogP contribution in [0.3, 0.4) is 0 Å². The summed E-state index contributed by atoms with van der Waals surface area (Å²) in [6.45, 7) is 1.93. The highest BCUT2D eigenvalue weighted by molar-refractivity contribution is 6.09. The minimum absolute atomic E-state index is 0.673. The number of anilines is 2. The molecule has 0 aliphatic heterocycles. The van der Waals surface area contributed by atoms with Crippen molar-refractivity contribution in [3.8, 4) is 0 Å². The monoisotopic (exact) mass is 343 g/mol. The van der Waals surface area contributed by atoms with Gasteiger partial charge in [-0.15, -0.1) is 0 Å². The van der Waals surface area contributed by atoms with Crippen molar-refractivity contribution in [3.63, 3.8) is 0 Å². The number of nitrogens with zero attached hydrogens (tertiary/aromatic N) is 5. The number of nitrogens with two attached hydrogens (primary N) is 1. The molecule has 0 saturated heterocycles. The van der Waals surface area contributed by atoms with Gasteiger partial charge in [-0.25, -0.2) is 9.97 Å². The molecule has 128 valence electrons. The largest absolute Gasteiger partial charge is 0.337 e. The number of fused-ring (bicyclic) bond motifs is 2. The molecule has 0 bridgehead atoms. The van der Waals surface area contributed by atoms with Gasteiger partial charge < -0.3 is 11.2 Å². The van der Waals surface area contributed by atoms with E-state index in [1.165, 1.54) is 0 Å². The van der Waals surface area contributed by atoms with Gasteiger partial charge in [0, 0.05) is 41.4 Å². The molecule has 0 aliphatic rings. The Balaban J connectivity index is 1.76. The highest BCUT2D eigenvalue weighted by Gasteiger charge is 2.11. The molecule has 0 unspecified atom stereocenters. The van der Waals surface area contributed by atoms with E-state index in [2.05, 4.69) is 31.4 Å². The Bertz CT molecular complexity index is 1140. The SMILES string of the molecule is C/C=C(\C=N/N)c1cnc2c(Nc3ccc4cnccc4c3)nccn12. The molecule has 7 heteroatoms. The lowest BCUT2D eigenvalue weighted by molar-refractivity contribution is 1.11. The fraction of sp³-hybridized carbons (Fsp3) is 0.0526. The van der Waals surface area contributed by atoms with E-state index in [1.54, 1.807) is 24.8 Å². The number of hydrogen-bond donors (Lipinski definition) is 2. The zero-order valence-corrected chi connectivity index (χ0v) is 14.2. The van der Waals surface area contributed by atoms with E-state index < -0.39 is 0 Å². The lowest BCUT2D eigenvalue weighted by atomic mass is 10.1. The minimum atomic E-state index is 0.673. The van der Waals surface area contributed by atoms with E-state index in [-0.39, 0.29) is 0 Å². The average Bonchev–Trinajstić information content (AvgIpc) is 3.11. The number of hydrazone groups is 1. The summed E-state index contributed by atoms with van der Waals surface area (Å²) >= 11 is 0. The number of nitrogens with one attached hydrogen (secondary N) is 1. The van der Waals surface area contributed by atoms with Gasteiger partial charge in [0.2, 0.25) is 0 Å². The van der Waals surface area contributed by atoms with Crippen molar-refractivity contribution in [3.05, 3.63) is 67.0 Å². The summed E-state index contributed by atoms with van der Waals surface area (Å²) in [4.78, 5) is 13.1. The van der Waals surface area contributed by atoms with E-state index >= 15 is 0 Å². The van der Waals surface area contributed by atoms with Crippen LogP contribution in [0.5, 0.6) is 0 Å². The topological polar surface area (TPSA) is 93.5 Å². The lowest BCUT2D eigenvalue weighted by Crippen LogP contribution is -2.00. The Morgan fingerprint density at radius 3 is 2.92 bits per heavy atom. The molecule has 26 heavy (non-hydrogen) atoms. The summed E-state index contributed by atoms with van der Waals surface area (Å²) in [7, 11) is 0. The van der Waals surface area contributed by atoms with Crippen molar-refractivity contribution in [2.45, 2.75) is 6.92 Å². The molecular weight excluding hydrogens is 326 g/mol. The molecule has 0 amide bonds. The molecular formula is C19H17N7. The van der Waals surface area contributed by atoms with Crippen molar-refractivity contribution in [1.29, 1.82) is 0 Å². The Morgan fingerprint density at radius 1 is 1.15 bits per heavy atom. The van der Waals surface area contributed by atoms with Gasteiger partial charge >= 0.3 is 0 Å². The third-order valence-electron chi connectivity index (χ3n) is 4.15. The summed E-state index contributed by atoms with van der Waals surface area (Å²) < 4.78 is 1.96. The first-order valence-corrected chi connectivity index (χ1v) is 8.13. The zero-order valence-electron chi connectivity index (χ0n) is 14.2. The van der Waals surface area contributed by atoms with Gasteiger partial charge in [-0.3, -0.25) is 9.38 Å². The minimum Gasteiger partial charge on any atom is -0.337 e. The van der Waals surface area contributed by atoms with Crippen molar-refractivity contribution in [2.24, 2.45) is 10.9 Å². The molecule has 0 aliphatic carbocycles. The number of pyridine rings is 1. The van der Waals surface area contributed by atoms with Crippen molar-refractivity contribution in [2.75, 3.05) is 5.32 Å². The predicted molar refractivity (Wildman–Crippen MR) is 104 cm³/mol. The molecule has 4 rings (SSSR count). The van der Waals surface area contributed by atoms with Gasteiger partial charge in [0.15, 0.2) is 11.5 Å². The first-order valence-electron chi connectivity index (χ1n) is 8.13. The van der Waals surface area contributed by atoms with Gasteiger partial charge in [0.1, 0.15) is 0 Å². The maximum Gasteiger partial charge on any atom is 0.180 e. The molecule has 0 radical (unpaired) electrons. The van der Waals surface area contributed by atoms with Crippen LogP contribution in [-0.2, 0) is 0 Å². The van der Waals surface area contributed by atoms with Crippen LogP contribution in [0.4, 0.5) is 11.5 Å². The quantitative estimate of drug-likeness (QED) is 0.337. The number of hydrogen-bond acceptors (Lipinski definition) is 6. The molecule has 3 aromatic heterocycles. The van der Waals surface area contributed by atoms with Crippen LogP contribution in [0, 0.1) is 0 Å². The number of allylic oxidation sites excluding steroid dienone is 2. The third-order valence-corrected chi connectivity index (χ3v) is 4.15. The molecule has 0 spiro atoms. The number of benzene rings is 1. The van der Waals surface area contributed by atoms with E-state index in [0.29, 0.717) is 5.82 Å². The van der Waals surface area contributed by atoms with Crippen LogP contribution in [-0.4, -0.2) is 25.6 Å². The fourth-order valence-corrected chi connectivity index (χ4v) is 2.89. The highest BCUT2D eigenvalue weighted by Crippen LogP contribution is 2.24. The normalized spacial score (nSPS) is 12.3. The average molecular weight is 343 g/mol. The first kappa shape index (κ1) is 15.8. The Hall–Kier alpha value is -3.74. The van der Waals surface area contributed by atoms with E-state index in [1.807, 2.05) is 48.0 Å². The van der Waals surface area contributed by atoms with E-state index in [9.17, 15) is 0 Å². The smallest absolute Gasteiger partial charge is 0.180 e. The highest BCUT2D eigenvalue weighted by atomic mass is 15.1. The van der Waals surface area contributed by atoms with Gasteiger partial charge in [0.05, 0.1) is 18.1 Å². The summed E-state index contributed by atoms with van der Waals surface area (Å²) in [5.41, 5.74) is 3.44. The third kappa shape index (κ3) is 2.75. The standard InChI is InChI=1S/C19H17N7/c1-2-13(11-24-20)17-12-23-19-18(22-7-8-26(17)19)25-16-4-3-15-10-21-6-5-14(15)9-16/h2-12H,20H2,1H3,(H,22,25)/b13-2+,24-11-. The molecule has 0 saturated carbocycles. The summed E-state index contributed by atoms with van der Waals surface area (Å²) in [5.74, 6) is 5.98. The van der Waals surface area contributed by atoms with E-state index in [0.717, 1.165) is 33.4 Å². The van der Waals surface area contributed by atoms with Crippen molar-refractivity contribution >= 4 is 39.7 Å². The second kappa shape index (κ2) is 6.64. The Labute approximate surface area is 149 Å². The lowest BCUT2D eigenvalue weighted by Gasteiger charge is -2.09. The molecule has 3 heterocycles. The zero-order chi connectivity index (χ0) is 17.9. The molecule has 0 fully saturated rings. The first-order chi connectivity index (χ1) is 12.8. The fourth-order valence-electron chi connectivity index (χ4n) is 2.89. The van der Waals surface area contributed by atoms with Crippen LogP contribution in [0.1, 0.15) is 12.6 Å². The van der Waals surface area contributed by atoms with Gasteiger partial charge in [-0.1, -0.05) is 12.1 Å². The van der Waals surface area contributed by atoms with Crippen LogP contribution in [0.2, 0.25) is 0 Å². The van der Waals surface area contributed by atoms with Crippen molar-refractivity contribution < 1.29 is 0 Å². The number of aromatic nitrogens is 4. The van der Waals surface area contributed by atoms with Crippen LogP contribution < -0.4 is 11.2 Å². The molecule has 4 aromatic rings. The van der Waals surface area contributed by atoms with E-state index in [4.69, 9.17) is 5.84 Å². The predicted octanol–water partition coefficient (Wildman–Crippen LogP) is 3.37. The molecule has 0 atom stereocenters. The molecule has 7 nitrogen and oxygen atoms in total. The van der Waals surface area contributed by atoms with Crippen LogP contribution in [0.15, 0.2) is 66.4 Å². The van der Waals surface area contributed by atoms with Gasteiger partial charge in [-0.05, 0) is 30.5 Å².